The second-order valence-electron chi connectivity index (χ2n) is 6.56. The molecule has 29 heavy (non-hydrogen) atoms. The van der Waals surface area contributed by atoms with Gasteiger partial charge in [-0.25, -0.2) is 0 Å². The first-order valence-electron chi connectivity index (χ1n) is 9.11. The number of anilines is 3. The molecule has 4 aromatic rings. The number of nitrogens with zero attached hydrogens (tertiary/aromatic N) is 1. The molecule has 0 saturated heterocycles. The van der Waals surface area contributed by atoms with Crippen molar-refractivity contribution < 1.29 is 18.4 Å². The third-order valence-electron chi connectivity index (χ3n) is 4.77. The van der Waals surface area contributed by atoms with Gasteiger partial charge in [0.15, 0.2) is 11.6 Å². The predicted octanol–water partition coefficient (Wildman–Crippen LogP) is 5.81. The Kier molecular flexibility index (Phi) is 3.99. The van der Waals surface area contributed by atoms with Crippen molar-refractivity contribution in [3.8, 4) is 0 Å². The highest BCUT2D eigenvalue weighted by molar-refractivity contribution is 6.41. The molecule has 0 radical (unpaired) electrons. The summed E-state index contributed by atoms with van der Waals surface area (Å²) in [5, 5.41) is 0. The van der Waals surface area contributed by atoms with Gasteiger partial charge in [0.05, 0.1) is 17.5 Å². The highest BCUT2D eigenvalue weighted by Crippen LogP contribution is 2.36. The Balaban J connectivity index is 1.53. The molecular formula is C24H15NO4. The lowest BCUT2D eigenvalue weighted by Crippen LogP contribution is -2.07. The minimum absolute atomic E-state index is 0.108. The van der Waals surface area contributed by atoms with E-state index >= 15 is 0 Å². The average Bonchev–Trinajstić information content (AvgIpc) is 3.49. The lowest BCUT2D eigenvalue weighted by atomic mass is 10.1. The summed E-state index contributed by atoms with van der Waals surface area (Å²) in [7, 11) is 0. The summed E-state index contributed by atoms with van der Waals surface area (Å²) in [6.45, 7) is 0. The second-order valence-corrected chi connectivity index (χ2v) is 6.56. The van der Waals surface area contributed by atoms with Gasteiger partial charge in [0.1, 0.15) is 5.76 Å². The Morgan fingerprint density at radius 2 is 1.38 bits per heavy atom. The van der Waals surface area contributed by atoms with Gasteiger partial charge in [0.25, 0.3) is 0 Å². The quantitative estimate of drug-likeness (QED) is 0.330. The molecule has 0 N–H and O–H groups in total. The van der Waals surface area contributed by atoms with Gasteiger partial charge in [-0.2, -0.15) is 0 Å². The summed E-state index contributed by atoms with van der Waals surface area (Å²) in [4.78, 5) is 27.0. The minimum atomic E-state index is -0.283. The van der Waals surface area contributed by atoms with Crippen LogP contribution in [-0.2, 0) is 0 Å². The molecule has 5 rings (SSSR count). The van der Waals surface area contributed by atoms with Crippen LogP contribution in [0.4, 0.5) is 17.5 Å². The smallest absolute Gasteiger partial charge is 0.207 e. The molecule has 0 bridgehead atoms. The van der Waals surface area contributed by atoms with E-state index in [1.807, 2.05) is 41.3 Å². The molecule has 0 aliphatic heterocycles. The lowest BCUT2D eigenvalue weighted by molar-refractivity contribution is 0.0990. The van der Waals surface area contributed by atoms with Crippen molar-refractivity contribution in [3.05, 3.63) is 108 Å². The van der Waals surface area contributed by atoms with E-state index in [9.17, 15) is 9.59 Å². The Morgan fingerprint density at radius 1 is 0.690 bits per heavy atom. The molecule has 0 spiro atoms. The van der Waals surface area contributed by atoms with Crippen LogP contribution in [0.3, 0.4) is 0 Å². The molecule has 0 atom stereocenters. The van der Waals surface area contributed by atoms with Crippen molar-refractivity contribution in [2.24, 2.45) is 0 Å². The molecule has 0 fully saturated rings. The number of carbonyl (C=O) groups is 2. The third kappa shape index (κ3) is 2.89. The fourth-order valence-corrected chi connectivity index (χ4v) is 3.42. The number of rotatable bonds is 4. The van der Waals surface area contributed by atoms with Crippen molar-refractivity contribution >= 4 is 35.1 Å². The standard InChI is InChI=1S/C24H15NO4/c26-23-18-9-4-5-10-19(18)24(27)20(23)15-17-12-13-22(29-17)25(21-11-6-14-28-21)16-7-2-1-3-8-16/h1-15H. The summed E-state index contributed by atoms with van der Waals surface area (Å²) in [5.74, 6) is 0.944. The molecule has 0 unspecified atom stereocenters. The van der Waals surface area contributed by atoms with E-state index in [0.717, 1.165) is 5.69 Å². The van der Waals surface area contributed by atoms with Gasteiger partial charge < -0.3 is 8.83 Å². The number of hydrogen-bond donors (Lipinski definition) is 0. The van der Waals surface area contributed by atoms with Crippen LogP contribution in [0.2, 0.25) is 0 Å². The monoisotopic (exact) mass is 381 g/mol. The predicted molar refractivity (Wildman–Crippen MR) is 109 cm³/mol. The van der Waals surface area contributed by atoms with Gasteiger partial charge >= 0.3 is 0 Å². The van der Waals surface area contributed by atoms with Gasteiger partial charge in [-0.3, -0.25) is 14.5 Å². The number of carbonyl (C=O) groups excluding carboxylic acids is 2. The molecule has 1 aliphatic carbocycles. The zero-order valence-electron chi connectivity index (χ0n) is 15.2. The Hall–Kier alpha value is -4.12. The number of hydrogen-bond acceptors (Lipinski definition) is 5. The normalized spacial score (nSPS) is 12.9. The maximum atomic E-state index is 12.6. The molecule has 5 nitrogen and oxygen atoms in total. The highest BCUT2D eigenvalue weighted by Gasteiger charge is 2.33. The first-order valence-corrected chi connectivity index (χ1v) is 9.11. The third-order valence-corrected chi connectivity index (χ3v) is 4.77. The van der Waals surface area contributed by atoms with Crippen molar-refractivity contribution in [3.63, 3.8) is 0 Å². The SMILES string of the molecule is O=C1C(=Cc2ccc(N(c3ccccc3)c3ccco3)o2)C(=O)c2ccccc21. The summed E-state index contributed by atoms with van der Waals surface area (Å²) in [5.41, 5.74) is 1.82. The topological polar surface area (TPSA) is 63.7 Å². The van der Waals surface area contributed by atoms with Crippen LogP contribution in [0.15, 0.2) is 99.5 Å². The number of allylic oxidation sites excluding steroid dienone is 1. The fraction of sp³-hybridized carbons (Fsp3) is 0. The lowest BCUT2D eigenvalue weighted by Gasteiger charge is -2.18. The number of fused-ring (bicyclic) bond motifs is 1. The number of Topliss-reactive ketones (excluding diaryl/α,β-unsaturated/α-hetero) is 2. The molecular weight excluding hydrogens is 366 g/mol. The van der Waals surface area contributed by atoms with Gasteiger partial charge in [0.2, 0.25) is 11.8 Å². The first kappa shape index (κ1) is 17.0. The summed E-state index contributed by atoms with van der Waals surface area (Å²) in [6, 6.07) is 23.6. The molecule has 2 aromatic heterocycles. The van der Waals surface area contributed by atoms with E-state index in [1.54, 1.807) is 48.7 Å². The number of benzene rings is 2. The number of para-hydroxylation sites is 1. The van der Waals surface area contributed by atoms with Crippen LogP contribution in [0.1, 0.15) is 26.5 Å². The van der Waals surface area contributed by atoms with Crippen molar-refractivity contribution in [1.29, 1.82) is 0 Å². The van der Waals surface area contributed by atoms with Gasteiger partial charge in [-0.1, -0.05) is 42.5 Å². The summed E-state index contributed by atoms with van der Waals surface area (Å²) < 4.78 is 11.5. The number of furan rings is 2. The first-order chi connectivity index (χ1) is 14.2. The van der Waals surface area contributed by atoms with Crippen LogP contribution in [0.5, 0.6) is 0 Å². The molecule has 0 saturated carbocycles. The highest BCUT2D eigenvalue weighted by atomic mass is 16.4. The zero-order valence-corrected chi connectivity index (χ0v) is 15.2. The number of ketones is 2. The molecule has 5 heteroatoms. The molecule has 2 heterocycles. The minimum Gasteiger partial charge on any atom is -0.448 e. The van der Waals surface area contributed by atoms with Crippen LogP contribution < -0.4 is 4.90 Å². The zero-order chi connectivity index (χ0) is 19.8. The Labute approximate surface area is 166 Å². The molecule has 2 aromatic carbocycles. The van der Waals surface area contributed by atoms with Crippen LogP contribution in [0, 0.1) is 0 Å². The van der Waals surface area contributed by atoms with E-state index < -0.39 is 0 Å². The fourth-order valence-electron chi connectivity index (χ4n) is 3.42. The molecule has 1 aliphatic rings. The van der Waals surface area contributed by atoms with Crippen LogP contribution in [0.25, 0.3) is 6.08 Å². The Morgan fingerprint density at radius 3 is 2.03 bits per heavy atom. The van der Waals surface area contributed by atoms with Crippen LogP contribution in [-0.4, -0.2) is 11.6 Å². The maximum absolute atomic E-state index is 12.6. The van der Waals surface area contributed by atoms with E-state index in [2.05, 4.69) is 0 Å². The van der Waals surface area contributed by atoms with E-state index in [4.69, 9.17) is 8.83 Å². The van der Waals surface area contributed by atoms with Crippen molar-refractivity contribution in [2.75, 3.05) is 4.90 Å². The van der Waals surface area contributed by atoms with Gasteiger partial charge in [0, 0.05) is 23.3 Å². The van der Waals surface area contributed by atoms with Crippen LogP contribution >= 0.6 is 0 Å². The van der Waals surface area contributed by atoms with E-state index in [-0.39, 0.29) is 17.1 Å². The molecule has 0 amide bonds. The Bertz CT molecular complexity index is 1200. The van der Waals surface area contributed by atoms with Gasteiger partial charge in [-0.05, 0) is 30.3 Å². The summed E-state index contributed by atoms with van der Waals surface area (Å²) >= 11 is 0. The summed E-state index contributed by atoms with van der Waals surface area (Å²) in [6.07, 6.45) is 3.09. The van der Waals surface area contributed by atoms with E-state index in [0.29, 0.717) is 28.7 Å². The van der Waals surface area contributed by atoms with Gasteiger partial charge in [-0.15, -0.1) is 0 Å². The average molecular weight is 381 g/mol. The van der Waals surface area contributed by atoms with Crippen molar-refractivity contribution in [1.82, 2.24) is 0 Å². The molecule has 140 valence electrons. The van der Waals surface area contributed by atoms with E-state index in [1.165, 1.54) is 6.08 Å². The van der Waals surface area contributed by atoms with Crippen molar-refractivity contribution in [2.45, 2.75) is 0 Å². The second kappa shape index (κ2) is 6.80. The largest absolute Gasteiger partial charge is 0.448 e. The maximum Gasteiger partial charge on any atom is 0.207 e.